The average molecular weight is 205 g/mol. The van der Waals surface area contributed by atoms with Gasteiger partial charge in [-0.1, -0.05) is 6.07 Å². The third kappa shape index (κ3) is 2.88. The molecule has 0 aromatic heterocycles. The fourth-order valence-corrected chi connectivity index (χ4v) is 1.35. The second kappa shape index (κ2) is 5.26. The third-order valence-electron chi connectivity index (χ3n) is 1.93. The van der Waals surface area contributed by atoms with Gasteiger partial charge in [0, 0.05) is 0 Å². The lowest BCUT2D eigenvalue weighted by atomic mass is 10.1. The summed E-state index contributed by atoms with van der Waals surface area (Å²) < 4.78 is 10.8. The molecule has 0 aliphatic heterocycles. The molecule has 0 spiro atoms. The molecule has 0 bridgehead atoms. The van der Waals surface area contributed by atoms with Crippen molar-refractivity contribution in [2.45, 2.75) is 26.4 Å². The van der Waals surface area contributed by atoms with E-state index >= 15 is 0 Å². The highest BCUT2D eigenvalue weighted by atomic mass is 16.5. The Morgan fingerprint density at radius 3 is 2.53 bits per heavy atom. The fraction of sp³-hybridized carbons (Fsp3) is 0.417. The van der Waals surface area contributed by atoms with E-state index in [1.165, 1.54) is 0 Å². The normalized spacial score (nSPS) is 9.80. The van der Waals surface area contributed by atoms with Crippen molar-refractivity contribution in [3.05, 3.63) is 23.8 Å². The lowest BCUT2D eigenvalue weighted by molar-refractivity contribution is 0.239. The Kier molecular flexibility index (Phi) is 3.99. The number of nitriles is 1. The minimum absolute atomic E-state index is 0.0922. The summed E-state index contributed by atoms with van der Waals surface area (Å²) in [5.74, 6) is 1.43. The molecule has 0 saturated heterocycles. The van der Waals surface area contributed by atoms with Crippen molar-refractivity contribution < 1.29 is 9.47 Å². The predicted molar refractivity (Wildman–Crippen MR) is 58.1 cm³/mol. The molecule has 0 aliphatic carbocycles. The number of hydrogen-bond donors (Lipinski definition) is 0. The summed E-state index contributed by atoms with van der Waals surface area (Å²) in [6.45, 7) is 3.91. The number of benzene rings is 1. The predicted octanol–water partition coefficient (Wildman–Crippen LogP) is 2.55. The number of nitrogens with zero attached hydrogens (tertiary/aromatic N) is 1. The minimum Gasteiger partial charge on any atom is -0.496 e. The Morgan fingerprint density at radius 2 is 2.00 bits per heavy atom. The molecule has 80 valence electrons. The van der Waals surface area contributed by atoms with Crippen molar-refractivity contribution in [2.24, 2.45) is 0 Å². The van der Waals surface area contributed by atoms with Crippen LogP contribution in [-0.4, -0.2) is 13.2 Å². The van der Waals surface area contributed by atoms with Crippen LogP contribution in [0.5, 0.6) is 11.5 Å². The maximum absolute atomic E-state index is 8.74. The molecule has 0 amide bonds. The van der Waals surface area contributed by atoms with Gasteiger partial charge >= 0.3 is 0 Å². The van der Waals surface area contributed by atoms with Crippen LogP contribution >= 0.6 is 0 Å². The second-order valence-electron chi connectivity index (χ2n) is 3.44. The molecule has 0 atom stereocenters. The van der Waals surface area contributed by atoms with Gasteiger partial charge in [0.15, 0.2) is 0 Å². The van der Waals surface area contributed by atoms with Crippen molar-refractivity contribution in [3.8, 4) is 17.6 Å². The molecule has 1 rings (SSSR count). The molecule has 0 N–H and O–H groups in total. The zero-order valence-corrected chi connectivity index (χ0v) is 9.28. The third-order valence-corrected chi connectivity index (χ3v) is 1.93. The summed E-state index contributed by atoms with van der Waals surface area (Å²) >= 11 is 0. The fourth-order valence-electron chi connectivity index (χ4n) is 1.35. The first-order chi connectivity index (χ1) is 7.19. The molecule has 0 saturated carbocycles. The molecule has 1 aromatic rings. The summed E-state index contributed by atoms with van der Waals surface area (Å²) in [4.78, 5) is 0. The van der Waals surface area contributed by atoms with E-state index in [9.17, 15) is 0 Å². The summed E-state index contributed by atoms with van der Waals surface area (Å²) in [6.07, 6.45) is 0.390. The Labute approximate surface area is 90.2 Å². The molecule has 3 heteroatoms. The van der Waals surface area contributed by atoms with Crippen molar-refractivity contribution in [1.82, 2.24) is 0 Å². The van der Waals surface area contributed by atoms with Crippen molar-refractivity contribution in [3.63, 3.8) is 0 Å². The van der Waals surface area contributed by atoms with Crippen LogP contribution < -0.4 is 9.47 Å². The lowest BCUT2D eigenvalue weighted by Crippen LogP contribution is -2.08. The van der Waals surface area contributed by atoms with Gasteiger partial charge in [0.05, 0.1) is 31.3 Å². The first-order valence-electron chi connectivity index (χ1n) is 4.88. The zero-order chi connectivity index (χ0) is 11.3. The summed E-state index contributed by atoms with van der Waals surface area (Å²) in [6, 6.07) is 7.66. The summed E-state index contributed by atoms with van der Waals surface area (Å²) in [5, 5.41) is 8.74. The van der Waals surface area contributed by atoms with Crippen LogP contribution in [0.25, 0.3) is 0 Å². The molecular formula is C12H15NO2. The van der Waals surface area contributed by atoms with Gasteiger partial charge < -0.3 is 9.47 Å². The molecule has 0 heterocycles. The van der Waals surface area contributed by atoms with Crippen LogP contribution in [0.1, 0.15) is 19.4 Å². The minimum atomic E-state index is 0.0922. The highest BCUT2D eigenvalue weighted by Crippen LogP contribution is 2.29. The van der Waals surface area contributed by atoms with E-state index in [1.54, 1.807) is 7.11 Å². The highest BCUT2D eigenvalue weighted by molar-refractivity contribution is 5.46. The van der Waals surface area contributed by atoms with E-state index in [0.29, 0.717) is 12.2 Å². The zero-order valence-electron chi connectivity index (χ0n) is 9.28. The van der Waals surface area contributed by atoms with Crippen LogP contribution in [0, 0.1) is 11.3 Å². The van der Waals surface area contributed by atoms with E-state index in [2.05, 4.69) is 6.07 Å². The average Bonchev–Trinajstić information content (AvgIpc) is 2.20. The number of rotatable bonds is 4. The monoisotopic (exact) mass is 205 g/mol. The van der Waals surface area contributed by atoms with Gasteiger partial charge in [-0.2, -0.15) is 5.26 Å². The SMILES string of the molecule is COc1cccc(OC(C)C)c1CC#N. The van der Waals surface area contributed by atoms with Gasteiger partial charge in [0.2, 0.25) is 0 Å². The summed E-state index contributed by atoms with van der Waals surface area (Å²) in [5.41, 5.74) is 0.816. The Balaban J connectivity index is 3.08. The highest BCUT2D eigenvalue weighted by Gasteiger charge is 2.10. The van der Waals surface area contributed by atoms with Crippen molar-refractivity contribution in [1.29, 1.82) is 5.26 Å². The van der Waals surface area contributed by atoms with Crippen LogP contribution in [-0.2, 0) is 6.42 Å². The molecule has 3 nitrogen and oxygen atoms in total. The number of ether oxygens (including phenoxy) is 2. The van der Waals surface area contributed by atoms with Crippen LogP contribution in [0.15, 0.2) is 18.2 Å². The quantitative estimate of drug-likeness (QED) is 0.758. The molecule has 0 aliphatic rings. The van der Waals surface area contributed by atoms with Crippen molar-refractivity contribution in [2.75, 3.05) is 7.11 Å². The van der Waals surface area contributed by atoms with Crippen LogP contribution in [0.2, 0.25) is 0 Å². The standard InChI is InChI=1S/C12H15NO2/c1-9(2)15-12-6-4-5-11(14-3)10(12)7-8-13/h4-6,9H,7H2,1-3H3. The van der Waals surface area contributed by atoms with Crippen molar-refractivity contribution >= 4 is 0 Å². The first-order valence-corrected chi connectivity index (χ1v) is 4.88. The Morgan fingerprint density at radius 1 is 1.33 bits per heavy atom. The van der Waals surface area contributed by atoms with E-state index in [-0.39, 0.29) is 6.10 Å². The van der Waals surface area contributed by atoms with Gasteiger partial charge in [-0.3, -0.25) is 0 Å². The van der Waals surface area contributed by atoms with Gasteiger partial charge in [-0.15, -0.1) is 0 Å². The first kappa shape index (κ1) is 11.4. The molecule has 15 heavy (non-hydrogen) atoms. The van der Waals surface area contributed by atoms with Crippen LogP contribution in [0.4, 0.5) is 0 Å². The topological polar surface area (TPSA) is 42.2 Å². The maximum Gasteiger partial charge on any atom is 0.127 e. The van der Waals surface area contributed by atoms with E-state index in [0.717, 1.165) is 11.3 Å². The van der Waals surface area contributed by atoms with Gasteiger partial charge in [-0.25, -0.2) is 0 Å². The largest absolute Gasteiger partial charge is 0.496 e. The van der Waals surface area contributed by atoms with Gasteiger partial charge in [-0.05, 0) is 26.0 Å². The smallest absolute Gasteiger partial charge is 0.127 e. The maximum atomic E-state index is 8.74. The Bertz CT molecular complexity index is 366. The lowest BCUT2D eigenvalue weighted by Gasteiger charge is -2.15. The number of hydrogen-bond acceptors (Lipinski definition) is 3. The molecule has 0 radical (unpaired) electrons. The molecule has 0 unspecified atom stereocenters. The van der Waals surface area contributed by atoms with E-state index in [4.69, 9.17) is 14.7 Å². The second-order valence-corrected chi connectivity index (χ2v) is 3.44. The molecule has 1 aromatic carbocycles. The van der Waals surface area contributed by atoms with Gasteiger partial charge in [0.1, 0.15) is 11.5 Å². The summed E-state index contributed by atoms with van der Waals surface area (Å²) in [7, 11) is 1.59. The van der Waals surface area contributed by atoms with E-state index in [1.807, 2.05) is 32.0 Å². The van der Waals surface area contributed by atoms with E-state index < -0.39 is 0 Å². The number of methoxy groups -OCH3 is 1. The molecular weight excluding hydrogens is 190 g/mol. The Hall–Kier alpha value is -1.69. The van der Waals surface area contributed by atoms with Crippen LogP contribution in [0.3, 0.4) is 0 Å². The molecule has 0 fully saturated rings. The van der Waals surface area contributed by atoms with Gasteiger partial charge in [0.25, 0.3) is 0 Å².